The van der Waals surface area contributed by atoms with Gasteiger partial charge in [-0.2, -0.15) is 0 Å². The van der Waals surface area contributed by atoms with Gasteiger partial charge in [0.15, 0.2) is 0 Å². The monoisotopic (exact) mass is 358 g/mol. The van der Waals surface area contributed by atoms with Crippen LogP contribution in [0.3, 0.4) is 0 Å². The van der Waals surface area contributed by atoms with Crippen LogP contribution in [0.5, 0.6) is 0 Å². The number of nitro benzene ring substituents is 1. The van der Waals surface area contributed by atoms with Crippen LogP contribution in [0.15, 0.2) is 42.5 Å². The lowest BCUT2D eigenvalue weighted by Gasteiger charge is -2.11. The Labute approximate surface area is 147 Å². The molecule has 0 aliphatic heterocycles. The van der Waals surface area contributed by atoms with Crippen LogP contribution in [-0.2, 0) is 9.47 Å². The molecule has 0 saturated heterocycles. The fraction of sp³-hybridized carbons (Fsp3) is 0.118. The zero-order chi connectivity index (χ0) is 19.3. The van der Waals surface area contributed by atoms with Crippen molar-refractivity contribution in [2.24, 2.45) is 0 Å². The van der Waals surface area contributed by atoms with Gasteiger partial charge >= 0.3 is 11.9 Å². The van der Waals surface area contributed by atoms with Crippen molar-refractivity contribution in [1.29, 1.82) is 0 Å². The number of anilines is 1. The summed E-state index contributed by atoms with van der Waals surface area (Å²) >= 11 is 0. The van der Waals surface area contributed by atoms with E-state index in [1.807, 2.05) is 0 Å². The second-order valence-corrected chi connectivity index (χ2v) is 5.01. The number of nitrogens with one attached hydrogen (secondary N) is 1. The van der Waals surface area contributed by atoms with E-state index in [-0.39, 0.29) is 28.1 Å². The molecule has 134 valence electrons. The number of methoxy groups -OCH3 is 2. The Hall–Kier alpha value is -3.75. The number of hydrogen-bond donors (Lipinski definition) is 1. The van der Waals surface area contributed by atoms with Gasteiger partial charge in [0.25, 0.3) is 11.6 Å². The molecule has 0 aliphatic carbocycles. The molecule has 2 aromatic rings. The van der Waals surface area contributed by atoms with E-state index in [2.05, 4.69) is 14.8 Å². The summed E-state index contributed by atoms with van der Waals surface area (Å²) < 4.78 is 9.25. The van der Waals surface area contributed by atoms with Crippen LogP contribution in [0.2, 0.25) is 0 Å². The third-order valence-corrected chi connectivity index (χ3v) is 3.41. The van der Waals surface area contributed by atoms with E-state index >= 15 is 0 Å². The fourth-order valence-electron chi connectivity index (χ4n) is 2.14. The molecule has 26 heavy (non-hydrogen) atoms. The van der Waals surface area contributed by atoms with Gasteiger partial charge < -0.3 is 14.8 Å². The van der Waals surface area contributed by atoms with Crippen LogP contribution in [0.25, 0.3) is 0 Å². The summed E-state index contributed by atoms with van der Waals surface area (Å²) in [6.07, 6.45) is 0. The van der Waals surface area contributed by atoms with Gasteiger partial charge in [0.1, 0.15) is 0 Å². The lowest BCUT2D eigenvalue weighted by Crippen LogP contribution is -2.16. The van der Waals surface area contributed by atoms with Gasteiger partial charge in [-0.1, -0.05) is 6.07 Å². The number of nitro groups is 1. The Bertz CT molecular complexity index is 892. The van der Waals surface area contributed by atoms with Crippen molar-refractivity contribution >= 4 is 29.2 Å². The normalized spacial score (nSPS) is 9.92. The summed E-state index contributed by atoms with van der Waals surface area (Å²) in [5.41, 5.74) is -0.114. The average Bonchev–Trinajstić information content (AvgIpc) is 2.66. The van der Waals surface area contributed by atoms with Crippen molar-refractivity contribution in [2.75, 3.05) is 19.5 Å². The Kier molecular flexibility index (Phi) is 5.63. The van der Waals surface area contributed by atoms with Gasteiger partial charge in [-0.15, -0.1) is 0 Å². The first-order valence-electron chi connectivity index (χ1n) is 7.24. The molecule has 0 fully saturated rings. The molecule has 0 bridgehead atoms. The van der Waals surface area contributed by atoms with Gasteiger partial charge in [-0.3, -0.25) is 14.9 Å². The minimum Gasteiger partial charge on any atom is -0.465 e. The first-order valence-corrected chi connectivity index (χ1v) is 7.24. The molecule has 0 unspecified atom stereocenters. The molecule has 0 saturated carbocycles. The van der Waals surface area contributed by atoms with Crippen LogP contribution in [-0.4, -0.2) is 37.0 Å². The number of amides is 1. The molecular weight excluding hydrogens is 344 g/mol. The molecule has 1 N–H and O–H groups in total. The molecule has 2 rings (SSSR count). The van der Waals surface area contributed by atoms with Crippen molar-refractivity contribution in [3.05, 3.63) is 69.3 Å². The van der Waals surface area contributed by atoms with Gasteiger partial charge in [-0.25, -0.2) is 9.59 Å². The maximum atomic E-state index is 12.4. The zero-order valence-corrected chi connectivity index (χ0v) is 13.8. The number of non-ortho nitro benzene ring substituents is 1. The topological polar surface area (TPSA) is 125 Å². The smallest absolute Gasteiger partial charge is 0.339 e. The van der Waals surface area contributed by atoms with Crippen LogP contribution >= 0.6 is 0 Å². The minimum atomic E-state index is -0.726. The first kappa shape index (κ1) is 18.6. The summed E-state index contributed by atoms with van der Waals surface area (Å²) in [4.78, 5) is 46.1. The van der Waals surface area contributed by atoms with Gasteiger partial charge in [-0.05, 0) is 24.3 Å². The highest BCUT2D eigenvalue weighted by Crippen LogP contribution is 2.21. The highest BCUT2D eigenvalue weighted by atomic mass is 16.6. The van der Waals surface area contributed by atoms with Crippen LogP contribution < -0.4 is 5.32 Å². The number of rotatable bonds is 5. The van der Waals surface area contributed by atoms with Crippen molar-refractivity contribution < 1.29 is 28.8 Å². The molecule has 9 nitrogen and oxygen atoms in total. The quantitative estimate of drug-likeness (QED) is 0.494. The van der Waals surface area contributed by atoms with Crippen molar-refractivity contribution in [3.63, 3.8) is 0 Å². The second kappa shape index (κ2) is 7.88. The number of carbonyl (C=O) groups excluding carboxylic acids is 3. The fourth-order valence-corrected chi connectivity index (χ4v) is 2.14. The standard InChI is InChI=1S/C17H14N2O7/c1-25-16(21)11-6-7-13(17(22)26-2)14(9-11)18-15(20)10-4-3-5-12(8-10)19(23)24/h3-9H,1-2H3,(H,18,20). The largest absolute Gasteiger partial charge is 0.465 e. The molecule has 0 heterocycles. The van der Waals surface area contributed by atoms with E-state index in [0.717, 1.165) is 6.07 Å². The molecule has 0 aliphatic rings. The van der Waals surface area contributed by atoms with E-state index < -0.39 is 22.8 Å². The summed E-state index contributed by atoms with van der Waals surface area (Å²) in [5.74, 6) is -2.08. The predicted molar refractivity (Wildman–Crippen MR) is 90.2 cm³/mol. The molecule has 0 radical (unpaired) electrons. The van der Waals surface area contributed by atoms with Crippen molar-refractivity contribution in [2.45, 2.75) is 0 Å². The average molecular weight is 358 g/mol. The Morgan fingerprint density at radius 1 is 0.962 bits per heavy atom. The molecule has 2 aromatic carbocycles. The van der Waals surface area contributed by atoms with Crippen LogP contribution in [0, 0.1) is 10.1 Å². The third kappa shape index (κ3) is 4.01. The van der Waals surface area contributed by atoms with Crippen molar-refractivity contribution in [3.8, 4) is 0 Å². The Balaban J connectivity index is 2.41. The highest BCUT2D eigenvalue weighted by Gasteiger charge is 2.19. The first-order chi connectivity index (χ1) is 12.4. The van der Waals surface area contributed by atoms with E-state index in [1.165, 1.54) is 50.6 Å². The summed E-state index contributed by atoms with van der Waals surface area (Å²) in [6, 6.07) is 8.99. The van der Waals surface area contributed by atoms with E-state index in [9.17, 15) is 24.5 Å². The maximum Gasteiger partial charge on any atom is 0.339 e. The molecular formula is C17H14N2O7. The second-order valence-electron chi connectivity index (χ2n) is 5.01. The van der Waals surface area contributed by atoms with E-state index in [1.54, 1.807) is 0 Å². The van der Waals surface area contributed by atoms with Crippen molar-refractivity contribution in [1.82, 2.24) is 0 Å². The third-order valence-electron chi connectivity index (χ3n) is 3.41. The summed E-state index contributed by atoms with van der Waals surface area (Å²) in [5, 5.41) is 13.3. The van der Waals surface area contributed by atoms with Gasteiger partial charge in [0.05, 0.1) is 36.0 Å². The van der Waals surface area contributed by atoms with Gasteiger partial charge in [0, 0.05) is 17.7 Å². The summed E-state index contributed by atoms with van der Waals surface area (Å²) in [7, 11) is 2.36. The number of nitrogens with zero attached hydrogens (tertiary/aromatic N) is 1. The maximum absolute atomic E-state index is 12.4. The van der Waals surface area contributed by atoms with E-state index in [4.69, 9.17) is 0 Å². The molecule has 1 amide bonds. The van der Waals surface area contributed by atoms with Crippen LogP contribution in [0.1, 0.15) is 31.1 Å². The van der Waals surface area contributed by atoms with Crippen LogP contribution in [0.4, 0.5) is 11.4 Å². The molecule has 0 spiro atoms. The zero-order valence-electron chi connectivity index (χ0n) is 13.8. The number of esters is 2. The lowest BCUT2D eigenvalue weighted by atomic mass is 10.1. The molecule has 0 atom stereocenters. The Morgan fingerprint density at radius 2 is 1.65 bits per heavy atom. The number of benzene rings is 2. The van der Waals surface area contributed by atoms with Gasteiger partial charge in [0.2, 0.25) is 0 Å². The lowest BCUT2D eigenvalue weighted by molar-refractivity contribution is -0.384. The number of ether oxygens (including phenoxy) is 2. The SMILES string of the molecule is COC(=O)c1ccc(C(=O)OC)c(NC(=O)c2cccc([N+](=O)[O-])c2)c1. The minimum absolute atomic E-state index is 0.0104. The number of carbonyl (C=O) groups is 3. The number of hydrogen-bond acceptors (Lipinski definition) is 7. The summed E-state index contributed by atoms with van der Waals surface area (Å²) in [6.45, 7) is 0. The highest BCUT2D eigenvalue weighted by molar-refractivity contribution is 6.09. The van der Waals surface area contributed by atoms with E-state index in [0.29, 0.717) is 0 Å². The predicted octanol–water partition coefficient (Wildman–Crippen LogP) is 2.42. The molecule has 9 heteroatoms. The Morgan fingerprint density at radius 3 is 2.27 bits per heavy atom. The molecule has 0 aromatic heterocycles.